The van der Waals surface area contributed by atoms with Gasteiger partial charge in [0.1, 0.15) is 5.75 Å². The first-order valence-corrected chi connectivity index (χ1v) is 6.83. The van der Waals surface area contributed by atoms with Crippen molar-refractivity contribution >= 4 is 5.91 Å². The van der Waals surface area contributed by atoms with Crippen molar-refractivity contribution in [2.75, 3.05) is 6.54 Å². The van der Waals surface area contributed by atoms with Crippen LogP contribution in [0.1, 0.15) is 17.5 Å². The normalized spacial score (nSPS) is 9.52. The number of nitrogens with one attached hydrogen (secondary N) is 1. The molecule has 0 bridgehead atoms. The summed E-state index contributed by atoms with van der Waals surface area (Å²) in [5.74, 6) is 6.05. The number of amides is 1. The second-order valence-corrected chi connectivity index (χ2v) is 4.57. The fourth-order valence-electron chi connectivity index (χ4n) is 1.87. The molecule has 0 aliphatic carbocycles. The lowest BCUT2D eigenvalue weighted by Gasteiger charge is -2.04. The highest BCUT2D eigenvalue weighted by molar-refractivity contribution is 5.76. The molecule has 2 aromatic rings. The smallest absolute Gasteiger partial charge is 0.221 e. The number of rotatable bonds is 4. The minimum Gasteiger partial charge on any atom is -0.508 e. The molecule has 0 atom stereocenters. The van der Waals surface area contributed by atoms with Crippen molar-refractivity contribution in [2.45, 2.75) is 12.8 Å². The number of para-hydroxylation sites is 1. The largest absolute Gasteiger partial charge is 0.508 e. The molecule has 0 spiro atoms. The molecular formula is C18H17NO2. The van der Waals surface area contributed by atoms with E-state index in [0.717, 1.165) is 11.1 Å². The minimum absolute atomic E-state index is 0.0689. The summed E-state index contributed by atoms with van der Waals surface area (Å²) in [5, 5.41) is 12.4. The lowest BCUT2D eigenvalue weighted by atomic mass is 10.1. The summed E-state index contributed by atoms with van der Waals surface area (Å²) in [7, 11) is 0. The Hall–Kier alpha value is -2.73. The monoisotopic (exact) mass is 279 g/mol. The van der Waals surface area contributed by atoms with Gasteiger partial charge in [0, 0.05) is 12.0 Å². The van der Waals surface area contributed by atoms with Crippen molar-refractivity contribution < 1.29 is 9.90 Å². The van der Waals surface area contributed by atoms with Crippen LogP contribution >= 0.6 is 0 Å². The molecular weight excluding hydrogens is 262 g/mol. The Kier molecular flexibility index (Phi) is 5.42. The van der Waals surface area contributed by atoms with Crippen molar-refractivity contribution in [3.63, 3.8) is 0 Å². The van der Waals surface area contributed by atoms with Gasteiger partial charge in [-0.05, 0) is 30.2 Å². The summed E-state index contributed by atoms with van der Waals surface area (Å²) < 4.78 is 0. The Labute approximate surface area is 124 Å². The zero-order valence-corrected chi connectivity index (χ0v) is 11.7. The number of carbonyl (C=O) groups excluding carboxylic acids is 1. The van der Waals surface area contributed by atoms with Gasteiger partial charge in [-0.1, -0.05) is 48.2 Å². The third-order valence-electron chi connectivity index (χ3n) is 2.99. The summed E-state index contributed by atoms with van der Waals surface area (Å²) in [6.07, 6.45) is 0.856. The Morgan fingerprint density at radius 1 is 1.05 bits per heavy atom. The Balaban J connectivity index is 1.74. The van der Waals surface area contributed by atoms with E-state index in [0.29, 0.717) is 19.4 Å². The van der Waals surface area contributed by atoms with Crippen LogP contribution in [0.15, 0.2) is 54.6 Å². The highest BCUT2D eigenvalue weighted by atomic mass is 16.3. The zero-order valence-electron chi connectivity index (χ0n) is 11.7. The van der Waals surface area contributed by atoms with Crippen LogP contribution in [-0.2, 0) is 11.2 Å². The number of aromatic hydroxyl groups is 1. The van der Waals surface area contributed by atoms with E-state index in [-0.39, 0.29) is 11.7 Å². The van der Waals surface area contributed by atoms with Gasteiger partial charge in [0.05, 0.1) is 6.54 Å². The van der Waals surface area contributed by atoms with Gasteiger partial charge in [-0.3, -0.25) is 4.79 Å². The van der Waals surface area contributed by atoms with Gasteiger partial charge in [0.25, 0.3) is 0 Å². The quantitative estimate of drug-likeness (QED) is 0.845. The van der Waals surface area contributed by atoms with E-state index in [9.17, 15) is 9.90 Å². The van der Waals surface area contributed by atoms with Crippen LogP contribution in [0, 0.1) is 11.8 Å². The molecule has 2 N–H and O–H groups in total. The van der Waals surface area contributed by atoms with Crippen molar-refractivity contribution in [2.24, 2.45) is 0 Å². The molecule has 3 heteroatoms. The van der Waals surface area contributed by atoms with Gasteiger partial charge in [-0.2, -0.15) is 0 Å². The molecule has 0 saturated heterocycles. The van der Waals surface area contributed by atoms with Crippen molar-refractivity contribution in [3.8, 4) is 17.6 Å². The number of aryl methyl sites for hydroxylation is 1. The average molecular weight is 279 g/mol. The molecule has 2 aromatic carbocycles. The van der Waals surface area contributed by atoms with E-state index < -0.39 is 0 Å². The topological polar surface area (TPSA) is 49.3 Å². The van der Waals surface area contributed by atoms with Gasteiger partial charge in [0.15, 0.2) is 0 Å². The summed E-state index contributed by atoms with van der Waals surface area (Å²) >= 11 is 0. The fourth-order valence-corrected chi connectivity index (χ4v) is 1.87. The number of phenols is 1. The van der Waals surface area contributed by atoms with Crippen LogP contribution in [0.25, 0.3) is 0 Å². The van der Waals surface area contributed by atoms with Crippen LogP contribution in [0.3, 0.4) is 0 Å². The van der Waals surface area contributed by atoms with E-state index in [1.54, 1.807) is 12.1 Å². The number of benzene rings is 2. The number of phenolic OH excluding ortho intramolecular Hbond substituents is 1. The molecule has 0 aliphatic heterocycles. The molecule has 0 fully saturated rings. The Bertz CT molecular complexity index is 654. The first kappa shape index (κ1) is 14.7. The number of carbonyl (C=O) groups is 1. The van der Waals surface area contributed by atoms with Crippen LogP contribution in [0.4, 0.5) is 0 Å². The minimum atomic E-state index is -0.0689. The van der Waals surface area contributed by atoms with Gasteiger partial charge in [-0.25, -0.2) is 0 Å². The van der Waals surface area contributed by atoms with Crippen molar-refractivity contribution in [1.29, 1.82) is 0 Å². The molecule has 3 nitrogen and oxygen atoms in total. The van der Waals surface area contributed by atoms with Gasteiger partial charge in [-0.15, -0.1) is 0 Å². The van der Waals surface area contributed by atoms with E-state index in [2.05, 4.69) is 17.2 Å². The molecule has 0 saturated carbocycles. The molecule has 106 valence electrons. The number of hydrogen-bond acceptors (Lipinski definition) is 2. The summed E-state index contributed by atoms with van der Waals surface area (Å²) in [4.78, 5) is 11.7. The predicted octanol–water partition coefficient (Wildman–Crippen LogP) is 2.49. The molecule has 0 unspecified atom stereocenters. The highest BCUT2D eigenvalue weighted by Gasteiger charge is 2.03. The molecule has 0 heterocycles. The first-order valence-electron chi connectivity index (χ1n) is 6.83. The summed E-state index contributed by atoms with van der Waals surface area (Å²) in [6, 6.07) is 16.7. The van der Waals surface area contributed by atoms with Gasteiger partial charge < -0.3 is 10.4 Å². The zero-order chi connectivity index (χ0) is 14.9. The second-order valence-electron chi connectivity index (χ2n) is 4.57. The third kappa shape index (κ3) is 5.04. The van der Waals surface area contributed by atoms with E-state index in [1.165, 1.54) is 0 Å². The maximum Gasteiger partial charge on any atom is 0.221 e. The lowest BCUT2D eigenvalue weighted by Crippen LogP contribution is -2.23. The molecule has 0 aromatic heterocycles. The maximum atomic E-state index is 11.7. The van der Waals surface area contributed by atoms with Crippen LogP contribution < -0.4 is 5.32 Å². The van der Waals surface area contributed by atoms with Gasteiger partial charge >= 0.3 is 0 Å². The van der Waals surface area contributed by atoms with Crippen LogP contribution in [-0.4, -0.2) is 17.6 Å². The first-order chi connectivity index (χ1) is 10.3. The summed E-state index contributed by atoms with van der Waals surface area (Å²) in [6.45, 7) is 0.328. The summed E-state index contributed by atoms with van der Waals surface area (Å²) in [5.41, 5.74) is 1.71. The molecule has 0 aliphatic rings. The van der Waals surface area contributed by atoms with Crippen LogP contribution in [0.2, 0.25) is 0 Å². The van der Waals surface area contributed by atoms with E-state index in [1.807, 2.05) is 42.5 Å². The predicted molar refractivity (Wildman–Crippen MR) is 82.8 cm³/mol. The number of hydrogen-bond donors (Lipinski definition) is 2. The molecule has 21 heavy (non-hydrogen) atoms. The SMILES string of the molecule is O=C(CCc1ccccc1O)NCC#Cc1ccccc1. The molecule has 1 amide bonds. The standard InChI is InChI=1S/C18H17NO2/c20-17-11-5-4-10-16(17)12-13-18(21)19-14-6-9-15-7-2-1-3-8-15/h1-5,7-8,10-11,20H,12-14H2,(H,19,21). The maximum absolute atomic E-state index is 11.7. The lowest BCUT2D eigenvalue weighted by molar-refractivity contribution is -0.120. The average Bonchev–Trinajstić information content (AvgIpc) is 2.52. The van der Waals surface area contributed by atoms with Gasteiger partial charge in [0.2, 0.25) is 5.91 Å². The van der Waals surface area contributed by atoms with Crippen LogP contribution in [0.5, 0.6) is 5.75 Å². The van der Waals surface area contributed by atoms with E-state index in [4.69, 9.17) is 0 Å². The highest BCUT2D eigenvalue weighted by Crippen LogP contribution is 2.16. The molecule has 0 radical (unpaired) electrons. The fraction of sp³-hybridized carbons (Fsp3) is 0.167. The Morgan fingerprint density at radius 3 is 2.52 bits per heavy atom. The Morgan fingerprint density at radius 2 is 1.76 bits per heavy atom. The van der Waals surface area contributed by atoms with E-state index >= 15 is 0 Å². The second kappa shape index (κ2) is 7.76. The molecule has 2 rings (SSSR count). The third-order valence-corrected chi connectivity index (χ3v) is 2.99. The van der Waals surface area contributed by atoms with Crippen molar-refractivity contribution in [1.82, 2.24) is 5.32 Å². The van der Waals surface area contributed by atoms with Crippen molar-refractivity contribution in [3.05, 3.63) is 65.7 Å².